The van der Waals surface area contributed by atoms with Crippen LogP contribution in [0.1, 0.15) is 34.7 Å². The van der Waals surface area contributed by atoms with Gasteiger partial charge < -0.3 is 9.47 Å². The summed E-state index contributed by atoms with van der Waals surface area (Å²) in [5, 5.41) is 0.665. The number of methoxy groups -OCH3 is 2. The summed E-state index contributed by atoms with van der Waals surface area (Å²) in [4.78, 5) is 19.7. The second kappa shape index (κ2) is 9.63. The summed E-state index contributed by atoms with van der Waals surface area (Å²) in [5.41, 5.74) is 6.34. The number of ether oxygens (including phenoxy) is 2. The monoisotopic (exact) mass is 592 g/mol. The maximum absolute atomic E-state index is 13.9. The first-order chi connectivity index (χ1) is 18.0. The van der Waals surface area contributed by atoms with Gasteiger partial charge in [-0.25, -0.2) is 4.99 Å². The van der Waals surface area contributed by atoms with Gasteiger partial charge in [-0.15, -0.1) is 0 Å². The normalized spacial score (nSPS) is 16.5. The van der Waals surface area contributed by atoms with E-state index in [-0.39, 0.29) is 11.6 Å². The number of thiazole rings is 1. The van der Waals surface area contributed by atoms with Crippen LogP contribution in [-0.2, 0) is 6.42 Å². The van der Waals surface area contributed by atoms with E-state index in [1.165, 1.54) is 16.9 Å². The van der Waals surface area contributed by atoms with Crippen LogP contribution in [0.2, 0.25) is 5.02 Å². The Hall–Kier alpha value is -3.13. The predicted octanol–water partition coefficient (Wildman–Crippen LogP) is 5.75. The summed E-state index contributed by atoms with van der Waals surface area (Å²) in [7, 11) is 3.19. The summed E-state index contributed by atoms with van der Waals surface area (Å²) in [6.07, 6.45) is 3.64. The van der Waals surface area contributed by atoms with Gasteiger partial charge >= 0.3 is 0 Å². The van der Waals surface area contributed by atoms with Crippen molar-refractivity contribution in [1.29, 1.82) is 0 Å². The van der Waals surface area contributed by atoms with Crippen LogP contribution in [0.15, 0.2) is 80.5 Å². The van der Waals surface area contributed by atoms with Gasteiger partial charge in [0, 0.05) is 10.6 Å². The van der Waals surface area contributed by atoms with E-state index in [9.17, 15) is 4.79 Å². The minimum atomic E-state index is -0.240. The molecule has 2 heterocycles. The highest BCUT2D eigenvalue weighted by Crippen LogP contribution is 2.41. The van der Waals surface area contributed by atoms with E-state index in [0.29, 0.717) is 25.9 Å². The quantitative estimate of drug-likeness (QED) is 0.303. The first-order valence-corrected chi connectivity index (χ1v) is 13.8. The van der Waals surface area contributed by atoms with Gasteiger partial charge in [0.05, 0.1) is 35.0 Å². The number of allylic oxidation sites excluding steroid dienone is 1. The van der Waals surface area contributed by atoms with Crippen molar-refractivity contribution in [1.82, 2.24) is 4.57 Å². The molecule has 3 aromatic carbocycles. The van der Waals surface area contributed by atoms with Gasteiger partial charge in [-0.1, -0.05) is 59.3 Å². The molecule has 0 saturated carbocycles. The average Bonchev–Trinajstić information content (AvgIpc) is 3.21. The van der Waals surface area contributed by atoms with E-state index in [4.69, 9.17) is 26.1 Å². The Balaban J connectivity index is 1.59. The molecule has 2 aliphatic rings. The smallest absolute Gasteiger partial charge is 0.271 e. The number of hydrogen-bond donors (Lipinski definition) is 0. The molecule has 0 bridgehead atoms. The third-order valence-electron chi connectivity index (χ3n) is 6.81. The second-order valence-electron chi connectivity index (χ2n) is 8.90. The van der Waals surface area contributed by atoms with Crippen molar-refractivity contribution >= 4 is 50.6 Å². The number of halogens is 2. The standard InChI is InChI=1S/C29H22BrClN2O3S/c1-35-23-14-16(13-22(30)27(23)36-2)15-24-28(34)33-26(18-7-10-19(31)11-8-18)21-12-9-17-5-3-4-6-20(17)25(21)32-29(33)37-24/h3-8,10-11,13-15,26H,9,12H2,1-2H3/b24-15+/t26-/m1/s1. The van der Waals surface area contributed by atoms with Crippen LogP contribution >= 0.6 is 38.9 Å². The molecule has 0 radical (unpaired) electrons. The maximum Gasteiger partial charge on any atom is 0.271 e. The zero-order chi connectivity index (χ0) is 25.7. The van der Waals surface area contributed by atoms with Crippen LogP contribution in [0.5, 0.6) is 11.5 Å². The Kier molecular flexibility index (Phi) is 6.31. The maximum atomic E-state index is 13.9. The van der Waals surface area contributed by atoms with E-state index >= 15 is 0 Å². The van der Waals surface area contributed by atoms with Crippen molar-refractivity contribution < 1.29 is 9.47 Å². The van der Waals surface area contributed by atoms with Crippen molar-refractivity contribution in [3.05, 3.63) is 118 Å². The number of aryl methyl sites for hydroxylation is 1. The lowest BCUT2D eigenvalue weighted by molar-refractivity contribution is 0.353. The molecule has 8 heteroatoms. The molecule has 1 atom stereocenters. The van der Waals surface area contributed by atoms with Gasteiger partial charge in [0.15, 0.2) is 16.3 Å². The zero-order valence-electron chi connectivity index (χ0n) is 20.1. The highest BCUT2D eigenvalue weighted by atomic mass is 79.9. The molecule has 0 unspecified atom stereocenters. The lowest BCUT2D eigenvalue weighted by Crippen LogP contribution is -2.38. The van der Waals surface area contributed by atoms with E-state index in [0.717, 1.165) is 45.3 Å². The lowest BCUT2D eigenvalue weighted by atomic mass is 9.83. The summed E-state index contributed by atoms with van der Waals surface area (Å²) >= 11 is 11.2. The molecule has 5 nitrogen and oxygen atoms in total. The molecule has 0 N–H and O–H groups in total. The van der Waals surface area contributed by atoms with Gasteiger partial charge in [-0.05, 0) is 81.4 Å². The Morgan fingerprint density at radius 3 is 2.62 bits per heavy atom. The molecule has 0 fully saturated rings. The molecule has 1 aliphatic carbocycles. The summed E-state index contributed by atoms with van der Waals surface area (Å²) in [5.74, 6) is 1.19. The molecule has 6 rings (SSSR count). The molecule has 186 valence electrons. The third-order valence-corrected chi connectivity index (χ3v) is 8.64. The van der Waals surface area contributed by atoms with Crippen molar-refractivity contribution in [3.8, 4) is 11.5 Å². The second-order valence-corrected chi connectivity index (χ2v) is 11.2. The fourth-order valence-corrected chi connectivity index (χ4v) is 6.89. The molecule has 1 aliphatic heterocycles. The predicted molar refractivity (Wildman–Crippen MR) is 151 cm³/mol. The lowest BCUT2D eigenvalue weighted by Gasteiger charge is -2.30. The van der Waals surface area contributed by atoms with Crippen molar-refractivity contribution in [3.63, 3.8) is 0 Å². The summed E-state index contributed by atoms with van der Waals surface area (Å²) in [6.45, 7) is 0. The minimum Gasteiger partial charge on any atom is -0.493 e. The van der Waals surface area contributed by atoms with Crippen molar-refractivity contribution in [2.45, 2.75) is 18.9 Å². The van der Waals surface area contributed by atoms with Crippen LogP contribution < -0.4 is 24.4 Å². The van der Waals surface area contributed by atoms with Gasteiger partial charge in [0.1, 0.15) is 0 Å². The molecular weight excluding hydrogens is 572 g/mol. The molecule has 0 amide bonds. The molecular formula is C29H22BrClN2O3S. The van der Waals surface area contributed by atoms with Crippen LogP contribution in [0.3, 0.4) is 0 Å². The Bertz CT molecular complexity index is 1760. The number of fused-ring (bicyclic) bond motifs is 3. The first-order valence-electron chi connectivity index (χ1n) is 11.8. The SMILES string of the molecule is COc1cc(/C=c2/sc3n(c2=O)[C@H](c2ccc(Cl)cc2)C2=C(N=3)c3ccccc3CC2)cc(Br)c1OC. The fraction of sp³-hybridized carbons (Fsp3) is 0.172. The number of benzene rings is 3. The molecule has 37 heavy (non-hydrogen) atoms. The Labute approximate surface area is 231 Å². The van der Waals surface area contributed by atoms with Crippen LogP contribution in [0.4, 0.5) is 0 Å². The largest absolute Gasteiger partial charge is 0.493 e. The topological polar surface area (TPSA) is 52.8 Å². The highest BCUT2D eigenvalue weighted by Gasteiger charge is 2.32. The molecule has 4 aromatic rings. The Morgan fingerprint density at radius 1 is 1.08 bits per heavy atom. The van der Waals surface area contributed by atoms with Gasteiger partial charge in [0.2, 0.25) is 0 Å². The molecule has 1 aromatic heterocycles. The summed E-state index contributed by atoms with van der Waals surface area (Å²) in [6, 6.07) is 19.7. The average molecular weight is 594 g/mol. The van der Waals surface area contributed by atoms with Gasteiger partial charge in [0.25, 0.3) is 5.56 Å². The zero-order valence-corrected chi connectivity index (χ0v) is 23.3. The first kappa shape index (κ1) is 24.2. The number of aromatic nitrogens is 1. The molecule has 0 spiro atoms. The van der Waals surface area contributed by atoms with Crippen LogP contribution in [-0.4, -0.2) is 18.8 Å². The number of nitrogens with zero attached hydrogens (tertiary/aromatic N) is 2. The number of hydrogen-bond acceptors (Lipinski definition) is 5. The third kappa shape index (κ3) is 4.15. The van der Waals surface area contributed by atoms with E-state index in [1.54, 1.807) is 14.2 Å². The van der Waals surface area contributed by atoms with Gasteiger partial charge in [-0.3, -0.25) is 9.36 Å². The minimum absolute atomic E-state index is 0.0694. The van der Waals surface area contributed by atoms with E-state index < -0.39 is 0 Å². The van der Waals surface area contributed by atoms with E-state index in [2.05, 4.69) is 34.1 Å². The number of rotatable bonds is 4. The Morgan fingerprint density at radius 2 is 1.86 bits per heavy atom. The highest BCUT2D eigenvalue weighted by molar-refractivity contribution is 9.10. The summed E-state index contributed by atoms with van der Waals surface area (Å²) < 4.78 is 14.1. The van der Waals surface area contributed by atoms with Crippen molar-refractivity contribution in [2.75, 3.05) is 14.2 Å². The van der Waals surface area contributed by atoms with Crippen molar-refractivity contribution in [2.24, 2.45) is 4.99 Å². The fourth-order valence-electron chi connectivity index (χ4n) is 5.14. The van der Waals surface area contributed by atoms with Crippen LogP contribution in [0, 0.1) is 0 Å². The van der Waals surface area contributed by atoms with Gasteiger partial charge in [-0.2, -0.15) is 0 Å². The van der Waals surface area contributed by atoms with Crippen LogP contribution in [0.25, 0.3) is 11.8 Å². The van der Waals surface area contributed by atoms with E-state index in [1.807, 2.05) is 53.1 Å². The molecule has 0 saturated heterocycles.